The molecule has 0 unspecified atom stereocenters. The summed E-state index contributed by atoms with van der Waals surface area (Å²) < 4.78 is 4.54. The number of methoxy groups -OCH3 is 1. The molecule has 0 heterocycles. The predicted octanol–water partition coefficient (Wildman–Crippen LogP) is 3.63. The van der Waals surface area contributed by atoms with Gasteiger partial charge in [-0.1, -0.05) is 43.5 Å². The van der Waals surface area contributed by atoms with Crippen LogP contribution in [0.5, 0.6) is 0 Å². The third-order valence-electron chi connectivity index (χ3n) is 3.92. The zero-order valence-electron chi connectivity index (χ0n) is 11.7. The Kier molecular flexibility index (Phi) is 5.25. The molecule has 0 radical (unpaired) electrons. The molecule has 1 fully saturated rings. The van der Waals surface area contributed by atoms with Crippen LogP contribution in [-0.4, -0.2) is 19.7 Å². The number of hydrogen-bond acceptors (Lipinski definition) is 2. The summed E-state index contributed by atoms with van der Waals surface area (Å²) in [6.07, 6.45) is 7.30. The average molecular weight is 261 g/mol. The van der Waals surface area contributed by atoms with Crippen LogP contribution >= 0.6 is 0 Å². The molecule has 3 heteroatoms. The summed E-state index contributed by atoms with van der Waals surface area (Å²) in [7, 11) is 1.38. The maximum atomic E-state index is 10.9. The Labute approximate surface area is 115 Å². The summed E-state index contributed by atoms with van der Waals surface area (Å²) in [6.45, 7) is 0.620. The lowest BCUT2D eigenvalue weighted by Crippen LogP contribution is -2.25. The van der Waals surface area contributed by atoms with E-state index in [2.05, 4.69) is 34.3 Å². The summed E-state index contributed by atoms with van der Waals surface area (Å²) >= 11 is 0. The fourth-order valence-electron chi connectivity index (χ4n) is 2.77. The van der Waals surface area contributed by atoms with E-state index in [1.807, 2.05) is 0 Å². The van der Waals surface area contributed by atoms with Crippen molar-refractivity contribution in [3.8, 4) is 0 Å². The molecule has 0 aliphatic heterocycles. The first kappa shape index (κ1) is 13.9. The van der Waals surface area contributed by atoms with Crippen LogP contribution in [0.25, 0.3) is 0 Å². The van der Waals surface area contributed by atoms with Crippen molar-refractivity contribution in [2.24, 2.45) is 0 Å². The molecule has 1 aromatic rings. The van der Waals surface area contributed by atoms with Crippen LogP contribution in [0.15, 0.2) is 24.3 Å². The molecule has 0 saturated heterocycles. The minimum Gasteiger partial charge on any atom is -0.453 e. The molecule has 104 valence electrons. The molecule has 1 N–H and O–H groups in total. The van der Waals surface area contributed by atoms with E-state index in [0.29, 0.717) is 6.54 Å². The Bertz CT molecular complexity index is 394. The van der Waals surface area contributed by atoms with Crippen molar-refractivity contribution in [2.75, 3.05) is 13.7 Å². The Hall–Kier alpha value is -1.51. The van der Waals surface area contributed by atoms with Gasteiger partial charge in [-0.3, -0.25) is 0 Å². The molecular weight excluding hydrogens is 238 g/mol. The number of benzene rings is 1. The Balaban J connectivity index is 1.82. The lowest BCUT2D eigenvalue weighted by atomic mass is 9.84. The quantitative estimate of drug-likeness (QED) is 0.898. The van der Waals surface area contributed by atoms with Gasteiger partial charge in [0, 0.05) is 6.54 Å². The minimum absolute atomic E-state index is 0.362. The zero-order chi connectivity index (χ0) is 13.5. The normalized spacial score (nSPS) is 16.1. The molecule has 1 aliphatic rings. The number of alkyl carbamates (subject to hydrolysis) is 1. The molecule has 0 bridgehead atoms. The lowest BCUT2D eigenvalue weighted by Gasteiger charge is -2.22. The average Bonchev–Trinajstić information content (AvgIpc) is 2.48. The molecule has 1 amide bonds. The summed E-state index contributed by atoms with van der Waals surface area (Å²) in [5.74, 6) is 0.760. The first-order valence-electron chi connectivity index (χ1n) is 7.20. The Morgan fingerprint density at radius 2 is 1.89 bits per heavy atom. The van der Waals surface area contributed by atoms with E-state index in [1.165, 1.54) is 50.3 Å². The highest BCUT2D eigenvalue weighted by atomic mass is 16.5. The van der Waals surface area contributed by atoms with E-state index in [0.717, 1.165) is 12.3 Å². The number of nitrogens with one attached hydrogen (secondary N) is 1. The summed E-state index contributed by atoms with van der Waals surface area (Å²) in [4.78, 5) is 10.9. The van der Waals surface area contributed by atoms with Crippen molar-refractivity contribution in [3.05, 3.63) is 35.4 Å². The molecule has 3 nitrogen and oxygen atoms in total. The van der Waals surface area contributed by atoms with Gasteiger partial charge in [-0.25, -0.2) is 4.79 Å². The third kappa shape index (κ3) is 4.27. The summed E-state index contributed by atoms with van der Waals surface area (Å²) in [5.41, 5.74) is 2.74. The zero-order valence-corrected chi connectivity index (χ0v) is 11.7. The second-order valence-corrected chi connectivity index (χ2v) is 5.24. The fourth-order valence-corrected chi connectivity index (χ4v) is 2.77. The molecule has 1 saturated carbocycles. The van der Waals surface area contributed by atoms with Gasteiger partial charge in [0.15, 0.2) is 0 Å². The second kappa shape index (κ2) is 7.17. The lowest BCUT2D eigenvalue weighted by molar-refractivity contribution is 0.171. The van der Waals surface area contributed by atoms with Crippen molar-refractivity contribution in [3.63, 3.8) is 0 Å². The van der Waals surface area contributed by atoms with Crippen molar-refractivity contribution < 1.29 is 9.53 Å². The van der Waals surface area contributed by atoms with Crippen LogP contribution in [0.3, 0.4) is 0 Å². The first-order valence-corrected chi connectivity index (χ1v) is 7.20. The van der Waals surface area contributed by atoms with E-state index >= 15 is 0 Å². The third-order valence-corrected chi connectivity index (χ3v) is 3.92. The largest absolute Gasteiger partial charge is 0.453 e. The van der Waals surface area contributed by atoms with Gasteiger partial charge < -0.3 is 10.1 Å². The van der Waals surface area contributed by atoms with Gasteiger partial charge in [0.1, 0.15) is 0 Å². The SMILES string of the molecule is COC(=O)NCCc1ccc(C2CCCCC2)cc1. The maximum Gasteiger partial charge on any atom is 0.406 e. The van der Waals surface area contributed by atoms with Gasteiger partial charge in [-0.2, -0.15) is 0 Å². The molecular formula is C16H23NO2. The van der Waals surface area contributed by atoms with Gasteiger partial charge >= 0.3 is 6.09 Å². The maximum absolute atomic E-state index is 10.9. The number of rotatable bonds is 4. The molecule has 1 aliphatic carbocycles. The molecule has 1 aromatic carbocycles. The number of amides is 1. The number of ether oxygens (including phenoxy) is 1. The van der Waals surface area contributed by atoms with Crippen molar-refractivity contribution >= 4 is 6.09 Å². The molecule has 0 spiro atoms. The second-order valence-electron chi connectivity index (χ2n) is 5.24. The van der Waals surface area contributed by atoms with Crippen molar-refractivity contribution in [2.45, 2.75) is 44.4 Å². The summed E-state index contributed by atoms with van der Waals surface area (Å²) in [5, 5.41) is 2.70. The highest BCUT2D eigenvalue weighted by Gasteiger charge is 2.14. The Morgan fingerprint density at radius 1 is 1.21 bits per heavy atom. The van der Waals surface area contributed by atoms with Crippen LogP contribution in [0, 0.1) is 0 Å². The van der Waals surface area contributed by atoms with Gasteiger partial charge in [0.2, 0.25) is 0 Å². The highest BCUT2D eigenvalue weighted by Crippen LogP contribution is 2.32. The van der Waals surface area contributed by atoms with E-state index in [1.54, 1.807) is 0 Å². The van der Waals surface area contributed by atoms with Crippen LogP contribution in [0.1, 0.15) is 49.1 Å². The number of carbonyl (C=O) groups excluding carboxylic acids is 1. The van der Waals surface area contributed by atoms with Crippen LogP contribution in [0.2, 0.25) is 0 Å². The monoisotopic (exact) mass is 261 g/mol. The molecule has 0 atom stereocenters. The van der Waals surface area contributed by atoms with Gasteiger partial charge in [-0.05, 0) is 36.3 Å². The van der Waals surface area contributed by atoms with Crippen molar-refractivity contribution in [1.82, 2.24) is 5.32 Å². The van der Waals surface area contributed by atoms with E-state index in [9.17, 15) is 4.79 Å². The standard InChI is InChI=1S/C16H23NO2/c1-19-16(18)17-12-11-13-7-9-15(10-8-13)14-5-3-2-4-6-14/h7-10,14H,2-6,11-12H2,1H3,(H,17,18). The number of carbonyl (C=O) groups is 1. The summed E-state index contributed by atoms with van der Waals surface area (Å²) in [6, 6.07) is 8.87. The fraction of sp³-hybridized carbons (Fsp3) is 0.562. The van der Waals surface area contributed by atoms with Crippen LogP contribution in [0.4, 0.5) is 4.79 Å². The Morgan fingerprint density at radius 3 is 2.53 bits per heavy atom. The molecule has 0 aromatic heterocycles. The van der Waals surface area contributed by atoms with E-state index in [-0.39, 0.29) is 6.09 Å². The number of hydrogen-bond donors (Lipinski definition) is 1. The topological polar surface area (TPSA) is 38.3 Å². The van der Waals surface area contributed by atoms with Crippen LogP contribution in [-0.2, 0) is 11.2 Å². The van der Waals surface area contributed by atoms with Gasteiger partial charge in [0.05, 0.1) is 7.11 Å². The van der Waals surface area contributed by atoms with E-state index in [4.69, 9.17) is 0 Å². The van der Waals surface area contributed by atoms with Gasteiger partial charge in [0.25, 0.3) is 0 Å². The van der Waals surface area contributed by atoms with E-state index < -0.39 is 0 Å². The smallest absolute Gasteiger partial charge is 0.406 e. The first-order chi connectivity index (χ1) is 9.29. The van der Waals surface area contributed by atoms with Crippen molar-refractivity contribution in [1.29, 1.82) is 0 Å². The molecule has 19 heavy (non-hydrogen) atoms. The molecule has 2 rings (SSSR count). The minimum atomic E-state index is -0.362. The highest BCUT2D eigenvalue weighted by molar-refractivity contribution is 5.66. The van der Waals surface area contributed by atoms with Gasteiger partial charge in [-0.15, -0.1) is 0 Å². The predicted molar refractivity (Wildman–Crippen MR) is 76.4 cm³/mol. The van der Waals surface area contributed by atoms with Crippen LogP contribution < -0.4 is 5.32 Å².